The van der Waals surface area contributed by atoms with Crippen molar-refractivity contribution in [3.63, 3.8) is 0 Å². The van der Waals surface area contributed by atoms with Gasteiger partial charge in [-0.3, -0.25) is 14.4 Å². The van der Waals surface area contributed by atoms with Gasteiger partial charge in [-0.25, -0.2) is 0 Å². The number of aliphatic hydroxyl groups excluding tert-OH is 2. The van der Waals surface area contributed by atoms with Crippen molar-refractivity contribution in [2.45, 2.75) is 44.9 Å². The molecular formula is C12H18O9. The third kappa shape index (κ3) is 3.90. The first-order valence-corrected chi connectivity index (χ1v) is 6.19. The fraction of sp³-hybridized carbons (Fsp3) is 0.750. The summed E-state index contributed by atoms with van der Waals surface area (Å²) in [6.07, 6.45) is -3.74. The van der Waals surface area contributed by atoms with E-state index in [1.54, 1.807) is 0 Å². The van der Waals surface area contributed by atoms with Crippen molar-refractivity contribution in [1.82, 2.24) is 0 Å². The van der Waals surface area contributed by atoms with E-state index in [1.165, 1.54) is 0 Å². The predicted octanol–water partition coefficient (Wildman–Crippen LogP) is -1.51. The van der Waals surface area contributed by atoms with Crippen LogP contribution in [0, 0.1) is 0 Å². The molecule has 1 heterocycles. The van der Waals surface area contributed by atoms with Gasteiger partial charge in [0.2, 0.25) is 6.10 Å². The fourth-order valence-corrected chi connectivity index (χ4v) is 2.13. The zero-order valence-corrected chi connectivity index (χ0v) is 11.9. The van der Waals surface area contributed by atoms with Gasteiger partial charge in [0.1, 0.15) is 12.7 Å². The second-order valence-electron chi connectivity index (χ2n) is 4.51. The Hall–Kier alpha value is -1.71. The van der Waals surface area contributed by atoms with E-state index in [-0.39, 0.29) is 0 Å². The van der Waals surface area contributed by atoms with Crippen molar-refractivity contribution in [3.05, 3.63) is 0 Å². The molecule has 1 aliphatic rings. The lowest BCUT2D eigenvalue weighted by molar-refractivity contribution is -0.267. The number of hydrogen-bond acceptors (Lipinski definition) is 9. The highest BCUT2D eigenvalue weighted by Gasteiger charge is 2.61. The topological polar surface area (TPSA) is 129 Å². The highest BCUT2D eigenvalue weighted by molar-refractivity contribution is 5.68. The lowest BCUT2D eigenvalue weighted by atomic mass is 10.0. The van der Waals surface area contributed by atoms with Crippen LogP contribution < -0.4 is 0 Å². The van der Waals surface area contributed by atoms with E-state index in [0.29, 0.717) is 0 Å². The first kappa shape index (κ1) is 17.3. The van der Waals surface area contributed by atoms with Crippen LogP contribution in [0.4, 0.5) is 0 Å². The molecule has 0 aliphatic carbocycles. The monoisotopic (exact) mass is 306 g/mol. The Morgan fingerprint density at radius 1 is 1.05 bits per heavy atom. The summed E-state index contributed by atoms with van der Waals surface area (Å²) in [4.78, 5) is 33.6. The molecule has 120 valence electrons. The molecule has 0 radical (unpaired) electrons. The number of aliphatic hydroxyl groups is 2. The molecule has 0 amide bonds. The van der Waals surface area contributed by atoms with Gasteiger partial charge in [0.15, 0.2) is 6.10 Å². The minimum Gasteiger partial charge on any atom is -0.455 e. The predicted molar refractivity (Wildman–Crippen MR) is 64.6 cm³/mol. The molecule has 1 aliphatic heterocycles. The Bertz CT molecular complexity index is 421. The summed E-state index contributed by atoms with van der Waals surface area (Å²) in [5, 5.41) is 18.8. The highest BCUT2D eigenvalue weighted by Crippen LogP contribution is 2.36. The van der Waals surface area contributed by atoms with Crippen molar-refractivity contribution in [1.29, 1.82) is 0 Å². The molecule has 0 spiro atoms. The molecule has 21 heavy (non-hydrogen) atoms. The molecule has 0 bridgehead atoms. The van der Waals surface area contributed by atoms with Gasteiger partial charge in [0, 0.05) is 20.8 Å². The van der Waals surface area contributed by atoms with Gasteiger partial charge in [0.25, 0.3) is 5.79 Å². The summed E-state index contributed by atoms with van der Waals surface area (Å²) in [6.45, 7) is 1.83. The number of hydrogen-bond donors (Lipinski definition) is 2. The molecule has 4 atom stereocenters. The minimum atomic E-state index is -2.04. The average molecular weight is 306 g/mol. The van der Waals surface area contributed by atoms with Crippen LogP contribution >= 0.6 is 0 Å². The summed E-state index contributed by atoms with van der Waals surface area (Å²) in [7, 11) is 0. The molecule has 1 rings (SSSR count). The molecule has 1 saturated heterocycles. The summed E-state index contributed by atoms with van der Waals surface area (Å²) in [6, 6.07) is 0. The quantitative estimate of drug-likeness (QED) is 0.460. The van der Waals surface area contributed by atoms with Gasteiger partial charge in [-0.2, -0.15) is 0 Å². The SMILES string of the molecule is CC(=O)OC1C(CO)OC(CO)(OC(C)=O)C1OC(C)=O. The molecule has 2 N–H and O–H groups in total. The van der Waals surface area contributed by atoms with Crippen LogP contribution in [0.2, 0.25) is 0 Å². The molecule has 9 nitrogen and oxygen atoms in total. The highest BCUT2D eigenvalue weighted by atomic mass is 16.8. The van der Waals surface area contributed by atoms with Crippen molar-refractivity contribution in [2.75, 3.05) is 13.2 Å². The van der Waals surface area contributed by atoms with Gasteiger partial charge in [-0.05, 0) is 0 Å². The van der Waals surface area contributed by atoms with Crippen LogP contribution in [0.15, 0.2) is 0 Å². The lowest BCUT2D eigenvalue weighted by Crippen LogP contribution is -2.52. The number of rotatable bonds is 5. The van der Waals surface area contributed by atoms with Crippen LogP contribution in [0.25, 0.3) is 0 Å². The van der Waals surface area contributed by atoms with E-state index in [4.69, 9.17) is 18.9 Å². The normalized spacial score (nSPS) is 31.6. The standard InChI is InChI=1S/C12H18O9/c1-6(15)18-10-9(4-13)21-12(5-14,20-8(3)17)11(10)19-7(2)16/h9-11,13-14H,4-5H2,1-3H3. The van der Waals surface area contributed by atoms with E-state index < -0.39 is 55.2 Å². The van der Waals surface area contributed by atoms with Gasteiger partial charge in [0.05, 0.1) is 6.61 Å². The van der Waals surface area contributed by atoms with Crippen molar-refractivity contribution >= 4 is 17.9 Å². The Kier molecular flexibility index (Phi) is 5.64. The van der Waals surface area contributed by atoms with Gasteiger partial charge >= 0.3 is 17.9 Å². The Morgan fingerprint density at radius 3 is 2.00 bits per heavy atom. The number of carbonyl (C=O) groups is 3. The smallest absolute Gasteiger partial charge is 0.305 e. The van der Waals surface area contributed by atoms with E-state index in [1.807, 2.05) is 0 Å². The fourth-order valence-electron chi connectivity index (χ4n) is 2.13. The molecule has 0 aromatic rings. The van der Waals surface area contributed by atoms with Gasteiger partial charge < -0.3 is 29.2 Å². The second kappa shape index (κ2) is 6.83. The van der Waals surface area contributed by atoms with Crippen LogP contribution in [0.5, 0.6) is 0 Å². The Morgan fingerprint density at radius 2 is 1.62 bits per heavy atom. The second-order valence-corrected chi connectivity index (χ2v) is 4.51. The summed E-state index contributed by atoms with van der Waals surface area (Å²) < 4.78 is 20.1. The third-order valence-electron chi connectivity index (χ3n) is 2.76. The Balaban J connectivity index is 3.17. The average Bonchev–Trinajstić information content (AvgIpc) is 2.63. The van der Waals surface area contributed by atoms with Crippen LogP contribution in [0.1, 0.15) is 20.8 Å². The van der Waals surface area contributed by atoms with Crippen molar-refractivity contribution in [3.8, 4) is 0 Å². The van der Waals surface area contributed by atoms with Crippen LogP contribution in [0.3, 0.4) is 0 Å². The zero-order chi connectivity index (χ0) is 16.2. The maximum Gasteiger partial charge on any atom is 0.305 e. The molecule has 0 aromatic heterocycles. The lowest BCUT2D eigenvalue weighted by Gasteiger charge is -2.31. The minimum absolute atomic E-state index is 0.598. The number of carbonyl (C=O) groups excluding carboxylic acids is 3. The summed E-state index contributed by atoms with van der Waals surface area (Å²) >= 11 is 0. The van der Waals surface area contributed by atoms with Crippen LogP contribution in [-0.2, 0) is 33.3 Å². The molecule has 9 heteroatoms. The first-order valence-electron chi connectivity index (χ1n) is 6.19. The molecule has 4 unspecified atom stereocenters. The summed E-state index contributed by atoms with van der Waals surface area (Å²) in [5.41, 5.74) is 0. The Labute approximate surface area is 120 Å². The maximum atomic E-state index is 11.2. The van der Waals surface area contributed by atoms with E-state index in [2.05, 4.69) is 0 Å². The van der Waals surface area contributed by atoms with Crippen molar-refractivity contribution in [2.24, 2.45) is 0 Å². The molecule has 1 fully saturated rings. The van der Waals surface area contributed by atoms with Gasteiger partial charge in [-0.1, -0.05) is 0 Å². The van der Waals surface area contributed by atoms with E-state index >= 15 is 0 Å². The third-order valence-corrected chi connectivity index (χ3v) is 2.76. The maximum absolute atomic E-state index is 11.2. The van der Waals surface area contributed by atoms with Gasteiger partial charge in [-0.15, -0.1) is 0 Å². The first-order chi connectivity index (χ1) is 9.75. The number of esters is 3. The summed E-state index contributed by atoms with van der Waals surface area (Å²) in [5.74, 6) is -4.31. The van der Waals surface area contributed by atoms with E-state index in [0.717, 1.165) is 20.8 Å². The largest absolute Gasteiger partial charge is 0.455 e. The van der Waals surface area contributed by atoms with E-state index in [9.17, 15) is 24.6 Å². The number of ether oxygens (including phenoxy) is 4. The molecular weight excluding hydrogens is 288 g/mol. The molecule has 0 saturated carbocycles. The molecule has 0 aromatic carbocycles. The van der Waals surface area contributed by atoms with Crippen LogP contribution in [-0.4, -0.2) is 65.4 Å². The zero-order valence-electron chi connectivity index (χ0n) is 11.9. The van der Waals surface area contributed by atoms with Crippen molar-refractivity contribution < 1.29 is 43.5 Å².